The van der Waals surface area contributed by atoms with E-state index in [1.54, 1.807) is 0 Å². The minimum Gasteiger partial charge on any atom is -0.229 e. The lowest BCUT2D eigenvalue weighted by Gasteiger charge is -1.98. The number of hydrogen-bond donors (Lipinski definition) is 0. The van der Waals surface area contributed by atoms with E-state index in [0.717, 1.165) is 6.26 Å². The predicted octanol–water partition coefficient (Wildman–Crippen LogP) is 0.824. The van der Waals surface area contributed by atoms with Crippen molar-refractivity contribution < 1.29 is 8.42 Å². The number of halogens is 1. The minimum atomic E-state index is -2.94. The summed E-state index contributed by atoms with van der Waals surface area (Å²) in [6.45, 7) is 3.35. The summed E-state index contributed by atoms with van der Waals surface area (Å²) in [7, 11) is -2.94. The van der Waals surface area contributed by atoms with Gasteiger partial charge in [0.05, 0.1) is 11.1 Å². The van der Waals surface area contributed by atoms with Crippen LogP contribution >= 0.6 is 11.6 Å². The second kappa shape index (κ2) is 3.22. The molecule has 0 aliphatic heterocycles. The molecule has 0 N–H and O–H groups in total. The van der Waals surface area contributed by atoms with Crippen molar-refractivity contribution in [3.05, 3.63) is 12.7 Å². The third kappa shape index (κ3) is 5.86. The first kappa shape index (κ1) is 8.98. The lowest BCUT2D eigenvalue weighted by molar-refractivity contribution is 0.602. The summed E-state index contributed by atoms with van der Waals surface area (Å²) in [5.41, 5.74) is 0. The molecule has 0 bridgehead atoms. The van der Waals surface area contributed by atoms with Crippen molar-refractivity contribution >= 4 is 21.4 Å². The van der Waals surface area contributed by atoms with Crippen LogP contribution in [0.15, 0.2) is 12.7 Å². The maximum atomic E-state index is 10.5. The summed E-state index contributed by atoms with van der Waals surface area (Å²) in [4.78, 5) is 0. The lowest BCUT2D eigenvalue weighted by atomic mass is 10.5. The van der Waals surface area contributed by atoms with Crippen LogP contribution in [0.4, 0.5) is 0 Å². The summed E-state index contributed by atoms with van der Waals surface area (Å²) in [6, 6.07) is 0. The van der Waals surface area contributed by atoms with Gasteiger partial charge in [-0.25, -0.2) is 8.42 Å². The Morgan fingerprint density at radius 3 is 2.33 bits per heavy atom. The quantitative estimate of drug-likeness (QED) is 0.462. The third-order valence-electron chi connectivity index (χ3n) is 0.718. The summed E-state index contributed by atoms with van der Waals surface area (Å²) in [6.07, 6.45) is 2.55. The Hall–Kier alpha value is -0.0200. The van der Waals surface area contributed by atoms with Gasteiger partial charge in [0.1, 0.15) is 9.84 Å². The second-order valence-electron chi connectivity index (χ2n) is 1.84. The van der Waals surface area contributed by atoms with Gasteiger partial charge in [0.2, 0.25) is 0 Å². The molecule has 0 saturated heterocycles. The minimum absolute atomic E-state index is 0.0297. The lowest BCUT2D eigenvalue weighted by Crippen LogP contribution is -2.11. The Labute approximate surface area is 60.4 Å². The van der Waals surface area contributed by atoms with E-state index in [1.165, 1.54) is 6.08 Å². The van der Waals surface area contributed by atoms with Crippen LogP contribution in [0.3, 0.4) is 0 Å². The van der Waals surface area contributed by atoms with Crippen molar-refractivity contribution in [1.82, 2.24) is 0 Å². The SMILES string of the molecule is C=CC(Cl)CS(C)(=O)=O. The fourth-order valence-electron chi connectivity index (χ4n) is 0.357. The smallest absolute Gasteiger partial charge is 0.149 e. The molecule has 2 nitrogen and oxygen atoms in total. The maximum absolute atomic E-state index is 10.5. The van der Waals surface area contributed by atoms with E-state index in [9.17, 15) is 8.42 Å². The molecule has 0 radical (unpaired) electrons. The standard InChI is InChI=1S/C5H9ClO2S/c1-3-5(6)4-9(2,7)8/h3,5H,1,4H2,2H3. The van der Waals surface area contributed by atoms with Gasteiger partial charge in [-0.3, -0.25) is 0 Å². The molecule has 0 aromatic heterocycles. The van der Waals surface area contributed by atoms with Crippen molar-refractivity contribution in [2.24, 2.45) is 0 Å². The molecular weight excluding hydrogens is 160 g/mol. The van der Waals surface area contributed by atoms with Gasteiger partial charge in [0, 0.05) is 6.26 Å². The van der Waals surface area contributed by atoms with Crippen molar-refractivity contribution in [3.8, 4) is 0 Å². The van der Waals surface area contributed by atoms with Gasteiger partial charge in [-0.15, -0.1) is 18.2 Å². The van der Waals surface area contributed by atoms with E-state index in [-0.39, 0.29) is 5.75 Å². The molecule has 1 unspecified atom stereocenters. The first-order valence-electron chi connectivity index (χ1n) is 2.40. The second-order valence-corrected chi connectivity index (χ2v) is 4.59. The topological polar surface area (TPSA) is 34.1 Å². The predicted molar refractivity (Wildman–Crippen MR) is 39.5 cm³/mol. The zero-order chi connectivity index (χ0) is 7.49. The summed E-state index contributed by atoms with van der Waals surface area (Å²) < 4.78 is 20.9. The van der Waals surface area contributed by atoms with Crippen molar-refractivity contribution in [2.75, 3.05) is 12.0 Å². The van der Waals surface area contributed by atoms with Crippen LogP contribution in [0, 0.1) is 0 Å². The molecule has 54 valence electrons. The van der Waals surface area contributed by atoms with Gasteiger partial charge < -0.3 is 0 Å². The number of rotatable bonds is 3. The Morgan fingerprint density at radius 1 is 1.78 bits per heavy atom. The number of sulfone groups is 1. The molecule has 0 aromatic carbocycles. The van der Waals surface area contributed by atoms with Gasteiger partial charge in [0.25, 0.3) is 0 Å². The Kier molecular flexibility index (Phi) is 3.22. The van der Waals surface area contributed by atoms with Crippen LogP contribution in [-0.4, -0.2) is 25.8 Å². The highest BCUT2D eigenvalue weighted by molar-refractivity contribution is 7.90. The molecule has 0 aliphatic carbocycles. The molecular formula is C5H9ClO2S. The van der Waals surface area contributed by atoms with Gasteiger partial charge in [-0.1, -0.05) is 6.08 Å². The Balaban J connectivity index is 3.89. The van der Waals surface area contributed by atoms with E-state index in [2.05, 4.69) is 6.58 Å². The maximum Gasteiger partial charge on any atom is 0.149 e. The van der Waals surface area contributed by atoms with Gasteiger partial charge in [0.15, 0.2) is 0 Å². The highest BCUT2D eigenvalue weighted by Gasteiger charge is 2.07. The molecule has 0 saturated carbocycles. The van der Waals surface area contributed by atoms with Crippen LogP contribution in [-0.2, 0) is 9.84 Å². The molecule has 0 spiro atoms. The molecule has 9 heavy (non-hydrogen) atoms. The molecule has 0 heterocycles. The summed E-state index contributed by atoms with van der Waals surface area (Å²) in [5, 5.41) is -0.458. The zero-order valence-electron chi connectivity index (χ0n) is 5.17. The van der Waals surface area contributed by atoms with Crippen LogP contribution in [0.5, 0.6) is 0 Å². The molecule has 4 heteroatoms. The van der Waals surface area contributed by atoms with Crippen molar-refractivity contribution in [1.29, 1.82) is 0 Å². The third-order valence-corrected chi connectivity index (χ3v) is 2.20. The fraction of sp³-hybridized carbons (Fsp3) is 0.600. The first-order valence-corrected chi connectivity index (χ1v) is 4.90. The summed E-state index contributed by atoms with van der Waals surface area (Å²) in [5.74, 6) is -0.0297. The van der Waals surface area contributed by atoms with Crippen LogP contribution in [0.25, 0.3) is 0 Å². The molecule has 0 amide bonds. The number of alkyl halides is 1. The van der Waals surface area contributed by atoms with Gasteiger partial charge in [-0.2, -0.15) is 0 Å². The molecule has 0 aliphatic rings. The molecule has 1 atom stereocenters. The van der Waals surface area contributed by atoms with Crippen LogP contribution in [0.1, 0.15) is 0 Å². The molecule has 0 aromatic rings. The van der Waals surface area contributed by atoms with E-state index < -0.39 is 15.2 Å². The monoisotopic (exact) mass is 168 g/mol. The molecule has 0 fully saturated rings. The Morgan fingerprint density at radius 2 is 2.22 bits per heavy atom. The summed E-state index contributed by atoms with van der Waals surface area (Å²) >= 11 is 5.45. The van der Waals surface area contributed by atoms with E-state index >= 15 is 0 Å². The highest BCUT2D eigenvalue weighted by Crippen LogP contribution is 1.99. The van der Waals surface area contributed by atoms with Gasteiger partial charge in [-0.05, 0) is 0 Å². The average molecular weight is 169 g/mol. The van der Waals surface area contributed by atoms with E-state index in [1.807, 2.05) is 0 Å². The van der Waals surface area contributed by atoms with Crippen LogP contribution in [0.2, 0.25) is 0 Å². The normalized spacial score (nSPS) is 14.9. The molecule has 0 rings (SSSR count). The fourth-order valence-corrected chi connectivity index (χ4v) is 1.76. The van der Waals surface area contributed by atoms with Crippen LogP contribution < -0.4 is 0 Å². The van der Waals surface area contributed by atoms with Gasteiger partial charge >= 0.3 is 0 Å². The number of hydrogen-bond acceptors (Lipinski definition) is 2. The zero-order valence-corrected chi connectivity index (χ0v) is 6.74. The van der Waals surface area contributed by atoms with Crippen molar-refractivity contribution in [2.45, 2.75) is 5.38 Å². The van der Waals surface area contributed by atoms with E-state index in [4.69, 9.17) is 11.6 Å². The number of allylic oxidation sites excluding steroid dienone is 1. The highest BCUT2D eigenvalue weighted by atomic mass is 35.5. The largest absolute Gasteiger partial charge is 0.229 e. The van der Waals surface area contributed by atoms with Crippen molar-refractivity contribution in [3.63, 3.8) is 0 Å². The van der Waals surface area contributed by atoms with E-state index in [0.29, 0.717) is 0 Å². The Bertz CT molecular complexity index is 183. The average Bonchev–Trinajstić information content (AvgIpc) is 1.62. The first-order chi connectivity index (χ1) is 3.95.